The Kier molecular flexibility index (Phi) is 13.4. The third-order valence-corrected chi connectivity index (χ3v) is 14.9. The number of nitrogens with one attached hydrogen (secondary N) is 1. The Morgan fingerprint density at radius 3 is 2.42 bits per heavy atom. The van der Waals surface area contributed by atoms with Gasteiger partial charge in [0, 0.05) is 65.2 Å². The summed E-state index contributed by atoms with van der Waals surface area (Å²) in [6.07, 6.45) is 5.47. The van der Waals surface area contributed by atoms with E-state index in [1.807, 2.05) is 57.2 Å². The van der Waals surface area contributed by atoms with Gasteiger partial charge in [0.05, 0.1) is 23.6 Å². The average molecular weight is 844 g/mol. The lowest BCUT2D eigenvalue weighted by Gasteiger charge is -2.60. The maximum Gasteiger partial charge on any atom is 0.338 e. The highest BCUT2D eigenvalue weighted by molar-refractivity contribution is 6.08. The molecule has 4 saturated carbocycles. The van der Waals surface area contributed by atoms with Gasteiger partial charge in [0.25, 0.3) is 0 Å². The number of Topliss-reactive ketones (excluding diaryl/α,β-unsaturated/α-hetero) is 2. The van der Waals surface area contributed by atoms with E-state index in [9.17, 15) is 29.7 Å². The fraction of sp³-hybridized carbons (Fsp3) is 0.551. The molecule has 1 aliphatic heterocycles. The second kappa shape index (κ2) is 17.7. The number of hydrogen-bond donors (Lipinski definition) is 4. The molecule has 10 nitrogen and oxygen atoms in total. The summed E-state index contributed by atoms with van der Waals surface area (Å²) in [6.45, 7) is 15.4. The van der Waals surface area contributed by atoms with Gasteiger partial charge in [-0.25, -0.2) is 4.79 Å². The highest BCUT2D eigenvalue weighted by atomic mass is 35.5. The molecule has 0 bridgehead atoms. The number of aliphatic hydroxyl groups excluding tert-OH is 2. The quantitative estimate of drug-likeness (QED) is 0.101. The Labute approximate surface area is 360 Å². The average Bonchev–Trinajstić information content (AvgIpc) is 3.48. The third-order valence-electron chi connectivity index (χ3n) is 14.9. The van der Waals surface area contributed by atoms with E-state index < -0.39 is 23.4 Å². The van der Waals surface area contributed by atoms with Gasteiger partial charge in [-0.15, -0.1) is 12.4 Å². The van der Waals surface area contributed by atoms with E-state index in [1.165, 1.54) is 0 Å². The standard InChI is InChI=1S/C28H30N2O3.C21H32O5.ClH/c1-6-29-23-15-25-21(13-17(23)4)27(19-11-9-10-12-20(19)28(31)32-8-3)22-14-18(5)24(30-7-2)16-26(22)33-25;1-19-7-5-13(23)9-12(19)3-4-14-15-6-8-21(26,17(25)11-22)20(15,2)10-16(24)18(14)19;/h9-16,29H,6-8H2,1-5H3;12-15,18,22-23,26H,3-11H2,1-2H3;1H/t;12-,13-,14+,15+,18-,19+,20+,21+;/m.1./s1. The normalized spacial score (nSPS) is 29.7. The fourth-order valence-electron chi connectivity index (χ4n) is 11.9. The van der Waals surface area contributed by atoms with Gasteiger partial charge in [-0.1, -0.05) is 32.0 Å². The monoisotopic (exact) mass is 842 g/mol. The van der Waals surface area contributed by atoms with Crippen LogP contribution >= 0.6 is 12.4 Å². The van der Waals surface area contributed by atoms with Crippen molar-refractivity contribution in [2.45, 2.75) is 112 Å². The second-order valence-electron chi connectivity index (χ2n) is 18.0. The minimum Gasteiger partial charge on any atom is -0.462 e. The predicted molar refractivity (Wildman–Crippen MR) is 236 cm³/mol. The van der Waals surface area contributed by atoms with Crippen LogP contribution < -0.4 is 10.7 Å². The van der Waals surface area contributed by atoms with Gasteiger partial charge in [-0.05, 0) is 138 Å². The molecule has 2 aromatic rings. The topological polar surface area (TPSA) is 159 Å². The van der Waals surface area contributed by atoms with Crippen LogP contribution in [0.5, 0.6) is 0 Å². The van der Waals surface area contributed by atoms with E-state index in [-0.39, 0.29) is 59.9 Å². The van der Waals surface area contributed by atoms with Crippen LogP contribution in [0.4, 0.5) is 5.69 Å². The molecule has 0 radical (unpaired) electrons. The van der Waals surface area contributed by atoms with Gasteiger partial charge in [0.2, 0.25) is 0 Å². The molecule has 0 aromatic heterocycles. The lowest BCUT2D eigenvalue weighted by Crippen LogP contribution is -2.62. The first-order chi connectivity index (χ1) is 28.1. The van der Waals surface area contributed by atoms with Crippen molar-refractivity contribution < 1.29 is 38.9 Å². The van der Waals surface area contributed by atoms with Gasteiger partial charge in [-0.3, -0.25) is 14.6 Å². The minimum absolute atomic E-state index is 0. The molecule has 0 amide bonds. The summed E-state index contributed by atoms with van der Waals surface area (Å²) >= 11 is 0. The molecule has 60 heavy (non-hydrogen) atoms. The van der Waals surface area contributed by atoms with Crippen molar-refractivity contribution in [1.82, 2.24) is 0 Å². The first-order valence-corrected chi connectivity index (χ1v) is 21.8. The fourth-order valence-corrected chi connectivity index (χ4v) is 11.9. The largest absolute Gasteiger partial charge is 0.462 e. The number of halogens is 1. The molecule has 2 aromatic carbocycles. The smallest absolute Gasteiger partial charge is 0.338 e. The van der Waals surface area contributed by atoms with E-state index in [0.717, 1.165) is 101 Å². The van der Waals surface area contributed by atoms with Crippen LogP contribution in [0, 0.1) is 48.3 Å². The van der Waals surface area contributed by atoms with Crippen molar-refractivity contribution >= 4 is 46.6 Å². The molecule has 4 fully saturated rings. The molecule has 6 aliphatic rings. The third kappa shape index (κ3) is 7.60. The first kappa shape index (κ1) is 45.4. The van der Waals surface area contributed by atoms with Crippen LogP contribution in [0.15, 0.2) is 57.9 Å². The van der Waals surface area contributed by atoms with Gasteiger partial charge < -0.3 is 29.8 Å². The lowest BCUT2D eigenvalue weighted by atomic mass is 9.44. The molecule has 8 rings (SSSR count). The van der Waals surface area contributed by atoms with Gasteiger partial charge >= 0.3 is 5.97 Å². The number of ketones is 2. The number of carbonyl (C=O) groups is 3. The van der Waals surface area contributed by atoms with E-state index in [2.05, 4.69) is 50.1 Å². The number of nitrogens with zero attached hydrogens (tertiary/aromatic N) is 1. The van der Waals surface area contributed by atoms with Crippen LogP contribution in [0.25, 0.3) is 33.4 Å². The maximum atomic E-state index is 13.4. The number of benzene rings is 3. The van der Waals surface area contributed by atoms with Gasteiger partial charge in [0.15, 0.2) is 5.78 Å². The van der Waals surface area contributed by atoms with Crippen LogP contribution in [-0.2, 0) is 14.3 Å². The molecule has 1 heterocycles. The van der Waals surface area contributed by atoms with Crippen LogP contribution in [0.1, 0.15) is 107 Å². The number of esters is 1. The van der Waals surface area contributed by atoms with Crippen LogP contribution in [0.2, 0.25) is 0 Å². The van der Waals surface area contributed by atoms with Crippen molar-refractivity contribution in [2.75, 3.05) is 31.6 Å². The zero-order valence-corrected chi connectivity index (χ0v) is 37.0. The lowest BCUT2D eigenvalue weighted by molar-refractivity contribution is -0.180. The number of ether oxygens (including phenoxy) is 1. The molecule has 324 valence electrons. The summed E-state index contributed by atoms with van der Waals surface area (Å²) < 4.78 is 11.8. The molecular formula is C49H63ClN2O8. The van der Waals surface area contributed by atoms with Crippen molar-refractivity contribution in [3.8, 4) is 22.5 Å². The Bertz CT molecular complexity index is 2300. The van der Waals surface area contributed by atoms with E-state index in [4.69, 9.17) is 9.15 Å². The summed E-state index contributed by atoms with van der Waals surface area (Å²) in [7, 11) is 0. The number of anilines is 1. The highest BCUT2D eigenvalue weighted by Gasteiger charge is 2.68. The van der Waals surface area contributed by atoms with Crippen molar-refractivity contribution in [1.29, 1.82) is 0 Å². The molecule has 4 N–H and O–H groups in total. The number of rotatable bonds is 8. The van der Waals surface area contributed by atoms with E-state index in [0.29, 0.717) is 31.1 Å². The molecule has 8 atom stereocenters. The number of hydrogen-bond acceptors (Lipinski definition) is 10. The zero-order chi connectivity index (χ0) is 42.4. The molecule has 11 heteroatoms. The summed E-state index contributed by atoms with van der Waals surface area (Å²) in [5, 5.41) is 35.9. The predicted octanol–water partition coefficient (Wildman–Crippen LogP) is 8.63. The summed E-state index contributed by atoms with van der Waals surface area (Å²) in [5.74, 6) is 0.788. The minimum atomic E-state index is -1.58. The molecule has 0 spiro atoms. The summed E-state index contributed by atoms with van der Waals surface area (Å²) in [6, 6.07) is 15.9. The van der Waals surface area contributed by atoms with Gasteiger partial charge in [0.1, 0.15) is 29.3 Å². The Balaban J connectivity index is 0.000000203. The molecule has 0 saturated heterocycles. The van der Waals surface area contributed by atoms with Crippen LogP contribution in [0.3, 0.4) is 0 Å². The van der Waals surface area contributed by atoms with E-state index >= 15 is 0 Å². The maximum absolute atomic E-state index is 13.4. The Morgan fingerprint density at radius 2 is 1.72 bits per heavy atom. The highest BCUT2D eigenvalue weighted by Crippen LogP contribution is 2.67. The SMILES string of the molecule is CCN=c1cc2oc3cc(NCC)c(C)cc3c(-c3ccccc3C(=O)OCC)c-2cc1C.C[C@]12CC[C@@H](O)C[C@H]1CC[C@@H]1[C@@H]2C(=O)C[C@@]2(C)[C@H]1CC[C@]2(O)C(=O)CO.Cl. The number of carbonyl (C=O) groups excluding carboxylic acids is 3. The van der Waals surface area contributed by atoms with E-state index in [1.54, 1.807) is 0 Å². The first-order valence-electron chi connectivity index (χ1n) is 21.8. The Hall–Kier alpha value is -4.09. The number of aryl methyl sites for hydroxylation is 2. The van der Waals surface area contributed by atoms with Crippen LogP contribution in [-0.4, -0.2) is 70.9 Å². The number of aliphatic hydroxyl groups is 3. The number of fused-ring (bicyclic) bond motifs is 7. The van der Waals surface area contributed by atoms with Crippen molar-refractivity contribution in [3.63, 3.8) is 0 Å². The van der Waals surface area contributed by atoms with Gasteiger partial charge in [-0.2, -0.15) is 0 Å². The Morgan fingerprint density at radius 1 is 0.967 bits per heavy atom. The summed E-state index contributed by atoms with van der Waals surface area (Å²) in [5.41, 5.74) is 4.84. The molecule has 5 aliphatic carbocycles. The second-order valence-corrected chi connectivity index (χ2v) is 18.0. The van der Waals surface area contributed by atoms with Crippen molar-refractivity contribution in [3.05, 3.63) is 70.6 Å². The molecular weight excluding hydrogens is 780 g/mol. The molecule has 0 unspecified atom stereocenters. The summed E-state index contributed by atoms with van der Waals surface area (Å²) in [4.78, 5) is 43.2. The zero-order valence-electron chi connectivity index (χ0n) is 36.2. The van der Waals surface area contributed by atoms with Crippen molar-refractivity contribution in [2.24, 2.45) is 39.5 Å².